The molecule has 1 amide bonds. The molecule has 0 unspecified atom stereocenters. The molecule has 3 aromatic rings. The molecule has 0 radical (unpaired) electrons. The summed E-state index contributed by atoms with van der Waals surface area (Å²) in [5.74, 6) is 0.0825. The number of thiazole rings is 1. The second-order valence-electron chi connectivity index (χ2n) is 6.20. The Morgan fingerprint density at radius 2 is 2.20 bits per heavy atom. The normalized spacial score (nSPS) is 20.7. The van der Waals surface area contributed by atoms with Gasteiger partial charge in [0, 0.05) is 31.4 Å². The van der Waals surface area contributed by atoms with Crippen LogP contribution in [0.25, 0.3) is 22.4 Å². The number of hydrogen-bond acceptors (Lipinski definition) is 6. The van der Waals surface area contributed by atoms with E-state index in [1.165, 1.54) is 17.7 Å². The molecule has 0 saturated heterocycles. The van der Waals surface area contributed by atoms with Crippen LogP contribution in [0.15, 0.2) is 24.0 Å². The highest BCUT2D eigenvalue weighted by Gasteiger charge is 2.26. The average Bonchev–Trinajstić information content (AvgIpc) is 3.30. The fraction of sp³-hybridized carbons (Fsp3) is 0.412. The number of fused-ring (bicyclic) bond motifs is 1. The Morgan fingerprint density at radius 1 is 1.36 bits per heavy atom. The van der Waals surface area contributed by atoms with E-state index in [0.717, 1.165) is 48.1 Å². The number of aromatic nitrogens is 4. The van der Waals surface area contributed by atoms with Crippen molar-refractivity contribution in [2.75, 3.05) is 12.4 Å². The van der Waals surface area contributed by atoms with Crippen LogP contribution in [0.3, 0.4) is 0 Å². The summed E-state index contributed by atoms with van der Waals surface area (Å²) in [5.41, 5.74) is 2.29. The van der Waals surface area contributed by atoms with Crippen molar-refractivity contribution in [2.24, 2.45) is 5.92 Å². The Kier molecular flexibility index (Phi) is 4.46. The van der Waals surface area contributed by atoms with Gasteiger partial charge in [0.15, 0.2) is 5.13 Å². The Hall–Kier alpha value is -2.32. The van der Waals surface area contributed by atoms with Crippen LogP contribution >= 0.6 is 11.3 Å². The zero-order valence-corrected chi connectivity index (χ0v) is 14.7. The summed E-state index contributed by atoms with van der Waals surface area (Å²) in [7, 11) is 1.73. The van der Waals surface area contributed by atoms with Gasteiger partial charge in [-0.3, -0.25) is 4.79 Å². The van der Waals surface area contributed by atoms with E-state index in [2.05, 4.69) is 25.3 Å². The molecule has 1 aliphatic rings. The number of amides is 1. The number of anilines is 1. The number of H-pyrrole nitrogens is 1. The zero-order chi connectivity index (χ0) is 17.2. The molecule has 0 bridgehead atoms. The van der Waals surface area contributed by atoms with Gasteiger partial charge < -0.3 is 15.0 Å². The first-order chi connectivity index (χ1) is 12.2. The lowest BCUT2D eigenvalue weighted by Crippen LogP contribution is -2.29. The maximum absolute atomic E-state index is 12.5. The van der Waals surface area contributed by atoms with E-state index in [4.69, 9.17) is 4.74 Å². The van der Waals surface area contributed by atoms with Gasteiger partial charge in [-0.2, -0.15) is 0 Å². The Balaban J connectivity index is 0.00000196. The van der Waals surface area contributed by atoms with Gasteiger partial charge in [0.25, 0.3) is 0 Å². The number of carbonyl (C=O) groups is 1. The molecule has 0 aromatic carbocycles. The SMILES string of the molecule is COC1CCC(C(=O)Nc2nc(-c3ncnc4[nH]ccc34)cs2)CC1.[HH]. The molecule has 1 fully saturated rings. The second kappa shape index (κ2) is 6.89. The number of nitrogens with one attached hydrogen (secondary N) is 2. The lowest BCUT2D eigenvalue weighted by Gasteiger charge is -2.26. The van der Waals surface area contributed by atoms with Gasteiger partial charge >= 0.3 is 0 Å². The van der Waals surface area contributed by atoms with Crippen molar-refractivity contribution in [1.82, 2.24) is 19.9 Å². The molecule has 0 spiro atoms. The average molecular weight is 359 g/mol. The predicted molar refractivity (Wildman–Crippen MR) is 98.5 cm³/mol. The van der Waals surface area contributed by atoms with Crippen molar-refractivity contribution < 1.29 is 11.0 Å². The first kappa shape index (κ1) is 16.2. The highest BCUT2D eigenvalue weighted by atomic mass is 32.1. The minimum Gasteiger partial charge on any atom is -0.381 e. The Morgan fingerprint density at radius 3 is 3.00 bits per heavy atom. The van der Waals surface area contributed by atoms with Gasteiger partial charge in [0.05, 0.1) is 6.10 Å². The van der Waals surface area contributed by atoms with E-state index in [-0.39, 0.29) is 19.4 Å². The van der Waals surface area contributed by atoms with Crippen LogP contribution in [0, 0.1) is 5.92 Å². The molecular formula is C17H21N5O2S. The molecule has 2 N–H and O–H groups in total. The van der Waals surface area contributed by atoms with E-state index in [1.54, 1.807) is 7.11 Å². The second-order valence-corrected chi connectivity index (χ2v) is 7.06. The van der Waals surface area contributed by atoms with Gasteiger partial charge in [0.2, 0.25) is 5.91 Å². The van der Waals surface area contributed by atoms with Gasteiger partial charge in [-0.05, 0) is 31.7 Å². The third kappa shape index (κ3) is 3.27. The van der Waals surface area contributed by atoms with Crippen LogP contribution in [0.5, 0.6) is 0 Å². The van der Waals surface area contributed by atoms with Crippen molar-refractivity contribution >= 4 is 33.4 Å². The van der Waals surface area contributed by atoms with Crippen molar-refractivity contribution in [3.63, 3.8) is 0 Å². The highest BCUT2D eigenvalue weighted by molar-refractivity contribution is 7.14. The van der Waals surface area contributed by atoms with E-state index in [0.29, 0.717) is 5.13 Å². The van der Waals surface area contributed by atoms with Gasteiger partial charge in [-0.25, -0.2) is 15.0 Å². The van der Waals surface area contributed by atoms with Crippen LogP contribution in [-0.2, 0) is 9.53 Å². The summed E-state index contributed by atoms with van der Waals surface area (Å²) in [6.07, 6.45) is 7.22. The molecule has 132 valence electrons. The molecule has 25 heavy (non-hydrogen) atoms. The number of ether oxygens (including phenoxy) is 1. The summed E-state index contributed by atoms with van der Waals surface area (Å²) in [6, 6.07) is 1.93. The fourth-order valence-electron chi connectivity index (χ4n) is 3.28. The molecule has 8 heteroatoms. The van der Waals surface area contributed by atoms with E-state index < -0.39 is 0 Å². The van der Waals surface area contributed by atoms with E-state index in [1.807, 2.05) is 17.6 Å². The van der Waals surface area contributed by atoms with E-state index >= 15 is 0 Å². The Bertz CT molecular complexity index is 888. The first-order valence-corrected chi connectivity index (χ1v) is 9.20. The molecule has 0 atom stereocenters. The number of carbonyl (C=O) groups excluding carboxylic acids is 1. The summed E-state index contributed by atoms with van der Waals surface area (Å²) < 4.78 is 5.36. The number of rotatable bonds is 4. The third-order valence-electron chi connectivity index (χ3n) is 4.71. The fourth-order valence-corrected chi connectivity index (χ4v) is 3.98. The lowest BCUT2D eigenvalue weighted by atomic mass is 9.87. The standard InChI is InChI=1S/C17H19N5O2S.H2/c1-24-11-4-2-10(3-5-11)16(23)22-17-21-13(8-25-17)14-12-6-7-18-15(12)20-9-19-14;/h6-11H,2-5H2,1H3,(H,18,19,20)(H,21,22,23);1H. The summed E-state index contributed by atoms with van der Waals surface area (Å²) in [5, 5.41) is 6.39. The zero-order valence-electron chi connectivity index (χ0n) is 13.9. The van der Waals surface area contributed by atoms with Crippen LogP contribution in [0.4, 0.5) is 5.13 Å². The maximum atomic E-state index is 12.5. The molecule has 7 nitrogen and oxygen atoms in total. The van der Waals surface area contributed by atoms with Gasteiger partial charge in [-0.15, -0.1) is 11.3 Å². The van der Waals surface area contributed by atoms with Gasteiger partial charge in [-0.1, -0.05) is 0 Å². The minimum absolute atomic E-state index is 0. The maximum Gasteiger partial charge on any atom is 0.229 e. The minimum atomic E-state index is 0. The predicted octanol–water partition coefficient (Wildman–Crippen LogP) is 3.47. The molecule has 1 aliphatic carbocycles. The van der Waals surface area contributed by atoms with Crippen LogP contribution < -0.4 is 5.32 Å². The van der Waals surface area contributed by atoms with Crippen molar-refractivity contribution in [1.29, 1.82) is 0 Å². The molecule has 0 aliphatic heterocycles. The quantitative estimate of drug-likeness (QED) is 0.744. The summed E-state index contributed by atoms with van der Waals surface area (Å²) in [6.45, 7) is 0. The largest absolute Gasteiger partial charge is 0.381 e. The van der Waals surface area contributed by atoms with Gasteiger partial charge in [0.1, 0.15) is 23.4 Å². The number of methoxy groups -OCH3 is 1. The molecule has 3 heterocycles. The van der Waals surface area contributed by atoms with Crippen molar-refractivity contribution in [2.45, 2.75) is 31.8 Å². The van der Waals surface area contributed by atoms with Crippen LogP contribution in [-0.4, -0.2) is 39.1 Å². The molecular weight excluding hydrogens is 338 g/mol. The third-order valence-corrected chi connectivity index (χ3v) is 5.47. The monoisotopic (exact) mass is 359 g/mol. The topological polar surface area (TPSA) is 92.8 Å². The summed E-state index contributed by atoms with van der Waals surface area (Å²) in [4.78, 5) is 28.6. The Labute approximate surface area is 150 Å². The number of aromatic amines is 1. The van der Waals surface area contributed by atoms with Crippen molar-refractivity contribution in [3.8, 4) is 11.4 Å². The van der Waals surface area contributed by atoms with Crippen molar-refractivity contribution in [3.05, 3.63) is 24.0 Å². The molecule has 1 saturated carbocycles. The highest BCUT2D eigenvalue weighted by Crippen LogP contribution is 2.30. The van der Waals surface area contributed by atoms with Crippen LogP contribution in [0.2, 0.25) is 0 Å². The first-order valence-electron chi connectivity index (χ1n) is 8.32. The molecule has 4 rings (SSSR count). The smallest absolute Gasteiger partial charge is 0.229 e. The number of nitrogens with zero attached hydrogens (tertiary/aromatic N) is 3. The van der Waals surface area contributed by atoms with Crippen LogP contribution in [0.1, 0.15) is 27.1 Å². The number of hydrogen-bond donors (Lipinski definition) is 2. The molecule has 3 aromatic heterocycles. The summed E-state index contributed by atoms with van der Waals surface area (Å²) >= 11 is 1.41. The lowest BCUT2D eigenvalue weighted by molar-refractivity contribution is -0.121. The van der Waals surface area contributed by atoms with E-state index in [9.17, 15) is 4.79 Å².